The monoisotopic (exact) mass is 445 g/mol. The summed E-state index contributed by atoms with van der Waals surface area (Å²) in [7, 11) is -3.79. The van der Waals surface area contributed by atoms with Crippen LogP contribution in [0, 0.1) is 5.82 Å². The quantitative estimate of drug-likeness (QED) is 0.439. The molecule has 0 atom stereocenters. The Morgan fingerprint density at radius 3 is 2.67 bits per heavy atom. The normalized spacial score (nSPS) is 11.4. The van der Waals surface area contributed by atoms with Crippen molar-refractivity contribution in [2.24, 2.45) is 0 Å². The largest absolute Gasteiger partial charge is 0.494 e. The Labute approximate surface area is 176 Å². The van der Waals surface area contributed by atoms with Gasteiger partial charge in [0.1, 0.15) is 15.8 Å². The van der Waals surface area contributed by atoms with E-state index in [2.05, 4.69) is 14.9 Å². The summed E-state index contributed by atoms with van der Waals surface area (Å²) in [5.74, 6) is 0.605. The van der Waals surface area contributed by atoms with Crippen molar-refractivity contribution in [3.05, 3.63) is 65.8 Å². The first-order chi connectivity index (χ1) is 14.4. The predicted octanol–water partition coefficient (Wildman–Crippen LogP) is 4.80. The van der Waals surface area contributed by atoms with E-state index in [-0.39, 0.29) is 15.9 Å². The maximum atomic E-state index is 13.4. The summed E-state index contributed by atoms with van der Waals surface area (Å²) >= 11 is 1.03. The smallest absolute Gasteiger partial charge is 0.271 e. The highest BCUT2D eigenvalue weighted by Gasteiger charge is 2.20. The van der Waals surface area contributed by atoms with Crippen molar-refractivity contribution in [3.63, 3.8) is 0 Å². The van der Waals surface area contributed by atoms with Crippen LogP contribution in [0.5, 0.6) is 5.75 Å². The summed E-state index contributed by atoms with van der Waals surface area (Å²) in [6.45, 7) is 2.40. The molecule has 0 amide bonds. The molecule has 2 heterocycles. The zero-order valence-corrected chi connectivity index (χ0v) is 17.3. The molecule has 2 aromatic carbocycles. The molecule has 1 N–H and O–H groups in total. The molecule has 10 heteroatoms. The average Bonchev–Trinajstić information content (AvgIpc) is 3.40. The molecular weight excluding hydrogens is 429 g/mol. The van der Waals surface area contributed by atoms with Crippen LogP contribution < -0.4 is 9.46 Å². The third-order valence-electron chi connectivity index (χ3n) is 4.01. The van der Waals surface area contributed by atoms with Gasteiger partial charge >= 0.3 is 0 Å². The summed E-state index contributed by atoms with van der Waals surface area (Å²) in [5, 5.41) is 5.45. The Balaban J connectivity index is 1.53. The topological polar surface area (TPSA) is 94.3 Å². The van der Waals surface area contributed by atoms with Crippen molar-refractivity contribution in [2.75, 3.05) is 11.3 Å². The number of nitrogens with zero attached hydrogens (tertiary/aromatic N) is 2. The van der Waals surface area contributed by atoms with Gasteiger partial charge in [-0.25, -0.2) is 12.8 Å². The highest BCUT2D eigenvalue weighted by atomic mass is 32.2. The molecule has 0 spiro atoms. The first kappa shape index (κ1) is 20.0. The second-order valence-electron chi connectivity index (χ2n) is 6.15. The summed E-state index contributed by atoms with van der Waals surface area (Å²) in [5.41, 5.74) is 1.34. The Bertz CT molecular complexity index is 1270. The number of rotatable bonds is 7. The molecule has 0 aliphatic heterocycles. The molecule has 4 aromatic rings. The van der Waals surface area contributed by atoms with Gasteiger partial charge in [-0.15, -0.1) is 11.3 Å². The lowest BCUT2D eigenvalue weighted by Crippen LogP contribution is -2.11. The Hall–Kier alpha value is -3.24. The van der Waals surface area contributed by atoms with Crippen molar-refractivity contribution >= 4 is 27.0 Å². The van der Waals surface area contributed by atoms with Crippen molar-refractivity contribution in [2.45, 2.75) is 11.1 Å². The van der Waals surface area contributed by atoms with Crippen LogP contribution in [0.1, 0.15) is 6.92 Å². The third kappa shape index (κ3) is 4.34. The molecule has 7 nitrogen and oxygen atoms in total. The fourth-order valence-corrected chi connectivity index (χ4v) is 4.86. The Morgan fingerprint density at radius 2 is 1.93 bits per heavy atom. The lowest BCUT2D eigenvalue weighted by Gasteiger charge is -2.07. The first-order valence-corrected chi connectivity index (χ1v) is 11.2. The van der Waals surface area contributed by atoms with Crippen LogP contribution in [-0.2, 0) is 10.0 Å². The number of thiophene rings is 1. The summed E-state index contributed by atoms with van der Waals surface area (Å²) in [4.78, 5) is 4.23. The molecule has 0 aliphatic rings. The molecule has 0 unspecified atom stereocenters. The minimum Gasteiger partial charge on any atom is -0.494 e. The van der Waals surface area contributed by atoms with E-state index < -0.39 is 15.8 Å². The van der Waals surface area contributed by atoms with Gasteiger partial charge in [0.2, 0.25) is 5.82 Å². The number of hydrogen-bond donors (Lipinski definition) is 1. The van der Waals surface area contributed by atoms with Crippen LogP contribution in [0.25, 0.3) is 22.8 Å². The van der Waals surface area contributed by atoms with Crippen LogP contribution in [0.4, 0.5) is 10.1 Å². The van der Waals surface area contributed by atoms with E-state index in [1.165, 1.54) is 18.2 Å². The summed E-state index contributed by atoms with van der Waals surface area (Å²) in [6, 6.07) is 13.9. The standard InChI is InChI=1S/C20H16FN3O4S2/c1-2-27-17-8-6-16(7-9-17)24-30(25,26)18-11-14(12-29-18)20-22-19(23-28-20)13-4-3-5-15(21)10-13/h3-12,24H,2H2,1H3. The molecule has 2 aromatic heterocycles. The van der Waals surface area contributed by atoms with E-state index in [0.29, 0.717) is 29.2 Å². The van der Waals surface area contributed by atoms with Gasteiger partial charge in [-0.3, -0.25) is 4.72 Å². The summed E-state index contributed by atoms with van der Waals surface area (Å²) in [6.07, 6.45) is 0. The van der Waals surface area contributed by atoms with Crippen LogP contribution >= 0.6 is 11.3 Å². The van der Waals surface area contributed by atoms with Crippen LogP contribution in [0.2, 0.25) is 0 Å². The Kier molecular flexibility index (Phi) is 5.51. The van der Waals surface area contributed by atoms with Gasteiger partial charge in [0, 0.05) is 16.6 Å². The van der Waals surface area contributed by atoms with E-state index in [0.717, 1.165) is 11.3 Å². The van der Waals surface area contributed by atoms with Crippen LogP contribution in [0.3, 0.4) is 0 Å². The van der Waals surface area contributed by atoms with E-state index >= 15 is 0 Å². The zero-order valence-electron chi connectivity index (χ0n) is 15.7. The summed E-state index contributed by atoms with van der Waals surface area (Å²) < 4.78 is 51.9. The SMILES string of the molecule is CCOc1ccc(NS(=O)(=O)c2cc(-c3nc(-c4cccc(F)c4)no3)cs2)cc1. The Morgan fingerprint density at radius 1 is 1.13 bits per heavy atom. The molecule has 0 radical (unpaired) electrons. The third-order valence-corrected chi connectivity index (χ3v) is 6.83. The van der Waals surface area contributed by atoms with Gasteiger partial charge in [-0.1, -0.05) is 17.3 Å². The molecule has 0 aliphatic carbocycles. The van der Waals surface area contributed by atoms with E-state index in [9.17, 15) is 12.8 Å². The lowest BCUT2D eigenvalue weighted by molar-refractivity contribution is 0.340. The number of nitrogens with one attached hydrogen (secondary N) is 1. The van der Waals surface area contributed by atoms with Gasteiger partial charge in [-0.05, 0) is 49.4 Å². The van der Waals surface area contributed by atoms with Crippen LogP contribution in [-0.4, -0.2) is 25.2 Å². The predicted molar refractivity (Wildman–Crippen MR) is 111 cm³/mol. The molecule has 0 saturated heterocycles. The van der Waals surface area contributed by atoms with E-state index in [1.807, 2.05) is 6.92 Å². The van der Waals surface area contributed by atoms with E-state index in [1.54, 1.807) is 41.8 Å². The molecule has 4 rings (SSSR count). The van der Waals surface area contributed by atoms with Crippen molar-refractivity contribution in [3.8, 4) is 28.6 Å². The second kappa shape index (κ2) is 8.25. The second-order valence-corrected chi connectivity index (χ2v) is 8.97. The number of ether oxygens (including phenoxy) is 1. The highest BCUT2D eigenvalue weighted by molar-refractivity contribution is 7.94. The number of anilines is 1. The highest BCUT2D eigenvalue weighted by Crippen LogP contribution is 2.30. The van der Waals surface area contributed by atoms with Gasteiger partial charge in [0.15, 0.2) is 0 Å². The first-order valence-electron chi connectivity index (χ1n) is 8.89. The number of aromatic nitrogens is 2. The number of sulfonamides is 1. The maximum absolute atomic E-state index is 13.4. The average molecular weight is 445 g/mol. The molecular formula is C20H16FN3O4S2. The van der Waals surface area contributed by atoms with Gasteiger partial charge in [0.25, 0.3) is 15.9 Å². The van der Waals surface area contributed by atoms with Crippen molar-refractivity contribution < 1.29 is 22.1 Å². The fraction of sp³-hybridized carbons (Fsp3) is 0.100. The molecule has 0 fully saturated rings. The van der Waals surface area contributed by atoms with Crippen molar-refractivity contribution in [1.82, 2.24) is 10.1 Å². The maximum Gasteiger partial charge on any atom is 0.271 e. The molecule has 0 bridgehead atoms. The fourth-order valence-electron chi connectivity index (χ4n) is 2.65. The molecule has 30 heavy (non-hydrogen) atoms. The van der Waals surface area contributed by atoms with Crippen molar-refractivity contribution in [1.29, 1.82) is 0 Å². The van der Waals surface area contributed by atoms with Gasteiger partial charge in [-0.2, -0.15) is 4.98 Å². The van der Waals surface area contributed by atoms with Gasteiger partial charge < -0.3 is 9.26 Å². The van der Waals surface area contributed by atoms with Crippen LogP contribution in [0.15, 0.2) is 68.7 Å². The number of halogens is 1. The van der Waals surface area contributed by atoms with E-state index in [4.69, 9.17) is 9.26 Å². The molecule has 0 saturated carbocycles. The zero-order chi connectivity index (χ0) is 21.1. The lowest BCUT2D eigenvalue weighted by atomic mass is 10.2. The molecule has 154 valence electrons. The number of benzene rings is 2. The minimum absolute atomic E-state index is 0.0943. The number of hydrogen-bond acceptors (Lipinski definition) is 7. The van der Waals surface area contributed by atoms with Gasteiger partial charge in [0.05, 0.1) is 12.2 Å². The minimum atomic E-state index is -3.79.